The molecule has 0 aliphatic heterocycles. The second-order valence-corrected chi connectivity index (χ2v) is 6.99. The summed E-state index contributed by atoms with van der Waals surface area (Å²) in [4.78, 5) is 29.7. The predicted molar refractivity (Wildman–Crippen MR) is 111 cm³/mol. The van der Waals surface area contributed by atoms with Gasteiger partial charge in [-0.2, -0.15) is 0 Å². The highest BCUT2D eigenvalue weighted by atomic mass is 35.5. The highest BCUT2D eigenvalue weighted by molar-refractivity contribution is 6.34. The monoisotopic (exact) mass is 420 g/mol. The number of benzene rings is 2. The average molecular weight is 421 g/mol. The van der Waals surface area contributed by atoms with Gasteiger partial charge in [0.05, 0.1) is 31.4 Å². The number of amides is 2. The summed E-state index contributed by atoms with van der Waals surface area (Å²) in [6, 6.07) is 8.85. The quantitative estimate of drug-likeness (QED) is 0.637. The number of carbonyl (C=O) groups excluding carboxylic acids is 2. The minimum absolute atomic E-state index is 0.0532. The zero-order valence-electron chi connectivity index (χ0n) is 17.1. The number of hydrogen-bond donors (Lipinski definition) is 2. The summed E-state index contributed by atoms with van der Waals surface area (Å²) in [6.45, 7) is 5.30. The molecule has 0 aliphatic rings. The Kier molecular flexibility index (Phi) is 7.87. The average Bonchev–Trinajstić information content (AvgIpc) is 2.68. The van der Waals surface area contributed by atoms with E-state index < -0.39 is 17.9 Å². The molecule has 0 aromatic heterocycles. The van der Waals surface area contributed by atoms with Crippen LogP contribution in [0.3, 0.4) is 0 Å². The van der Waals surface area contributed by atoms with Crippen molar-refractivity contribution >= 4 is 29.1 Å². The third-order valence-electron chi connectivity index (χ3n) is 4.21. The number of methoxy groups -OCH3 is 2. The zero-order chi connectivity index (χ0) is 21.6. The predicted octanol–water partition coefficient (Wildman–Crippen LogP) is 3.59. The summed E-state index contributed by atoms with van der Waals surface area (Å²) in [7, 11) is 3.06. The first kappa shape index (κ1) is 22.5. The molecule has 2 aromatic rings. The molecule has 0 aliphatic carbocycles. The van der Waals surface area contributed by atoms with Crippen molar-refractivity contribution in [2.24, 2.45) is 0 Å². The number of rotatable bonds is 8. The molecule has 8 heteroatoms. The fourth-order valence-corrected chi connectivity index (χ4v) is 3.09. The third kappa shape index (κ3) is 6.10. The molecule has 0 bridgehead atoms. The van der Waals surface area contributed by atoms with Gasteiger partial charge in [0.1, 0.15) is 0 Å². The van der Waals surface area contributed by atoms with Crippen LogP contribution in [0.15, 0.2) is 30.3 Å². The van der Waals surface area contributed by atoms with E-state index in [1.807, 2.05) is 19.9 Å². The van der Waals surface area contributed by atoms with Crippen molar-refractivity contribution in [3.05, 3.63) is 52.0 Å². The number of anilines is 1. The van der Waals surface area contributed by atoms with Gasteiger partial charge in [-0.1, -0.05) is 23.7 Å². The van der Waals surface area contributed by atoms with Crippen LogP contribution in [0.25, 0.3) is 0 Å². The second-order valence-electron chi connectivity index (χ2n) is 6.58. The number of nitrogens with one attached hydrogen (secondary N) is 2. The van der Waals surface area contributed by atoms with Crippen molar-refractivity contribution in [2.75, 3.05) is 19.5 Å². The first-order valence-corrected chi connectivity index (χ1v) is 9.36. The molecule has 2 aromatic carbocycles. The molecular formula is C21H25ClN2O5. The summed E-state index contributed by atoms with van der Waals surface area (Å²) in [5, 5.41) is 3.17. The molecule has 0 unspecified atom stereocenters. The molecule has 156 valence electrons. The van der Waals surface area contributed by atoms with Gasteiger partial charge in [0, 0.05) is 0 Å². The SMILES string of the molecule is COc1ccc(CC(=O)NO[C@@H](C)C(=O)Nc2c(C)cc(C)cc2Cl)cc1OC. The maximum atomic E-state index is 12.4. The van der Waals surface area contributed by atoms with Crippen LogP contribution in [0, 0.1) is 13.8 Å². The van der Waals surface area contributed by atoms with Crippen molar-refractivity contribution < 1.29 is 23.9 Å². The number of carbonyl (C=O) groups is 2. The maximum Gasteiger partial charge on any atom is 0.256 e. The van der Waals surface area contributed by atoms with Crippen molar-refractivity contribution in [1.29, 1.82) is 0 Å². The van der Waals surface area contributed by atoms with Crippen LogP contribution in [-0.4, -0.2) is 32.1 Å². The minimum Gasteiger partial charge on any atom is -0.493 e. The van der Waals surface area contributed by atoms with Gasteiger partial charge >= 0.3 is 0 Å². The normalized spacial score (nSPS) is 11.5. The standard InChI is InChI=1S/C21H25ClN2O5/c1-12-8-13(2)20(16(22)9-12)23-21(26)14(3)29-24-19(25)11-15-6-7-17(27-4)18(10-15)28-5/h6-10,14H,11H2,1-5H3,(H,23,26)(H,24,25)/t14-/m0/s1. The molecule has 0 saturated heterocycles. The molecule has 1 atom stereocenters. The highest BCUT2D eigenvalue weighted by Gasteiger charge is 2.18. The maximum absolute atomic E-state index is 12.4. The highest BCUT2D eigenvalue weighted by Crippen LogP contribution is 2.28. The van der Waals surface area contributed by atoms with E-state index in [4.69, 9.17) is 25.9 Å². The number of hydrogen-bond acceptors (Lipinski definition) is 5. The van der Waals surface area contributed by atoms with Crippen LogP contribution in [-0.2, 0) is 20.8 Å². The Labute approximate surface area is 175 Å². The molecule has 0 radical (unpaired) electrons. The Morgan fingerprint density at radius 2 is 1.76 bits per heavy atom. The largest absolute Gasteiger partial charge is 0.493 e. The van der Waals surface area contributed by atoms with Crippen molar-refractivity contribution in [3.8, 4) is 11.5 Å². The molecule has 29 heavy (non-hydrogen) atoms. The Hall–Kier alpha value is -2.77. The first-order valence-electron chi connectivity index (χ1n) is 8.98. The van der Waals surface area contributed by atoms with Crippen LogP contribution in [0.2, 0.25) is 5.02 Å². The fraction of sp³-hybridized carbons (Fsp3) is 0.333. The summed E-state index contributed by atoms with van der Waals surface area (Å²) >= 11 is 6.20. The van der Waals surface area contributed by atoms with E-state index in [9.17, 15) is 9.59 Å². The van der Waals surface area contributed by atoms with E-state index in [2.05, 4.69) is 10.8 Å². The van der Waals surface area contributed by atoms with Gasteiger partial charge in [-0.3, -0.25) is 14.4 Å². The summed E-state index contributed by atoms with van der Waals surface area (Å²) in [6.07, 6.45) is -0.862. The van der Waals surface area contributed by atoms with Crippen LogP contribution >= 0.6 is 11.6 Å². The van der Waals surface area contributed by atoms with Gasteiger partial charge in [-0.25, -0.2) is 5.48 Å². The van der Waals surface area contributed by atoms with Crippen LogP contribution < -0.4 is 20.3 Å². The van der Waals surface area contributed by atoms with Gasteiger partial charge in [-0.15, -0.1) is 0 Å². The molecule has 0 saturated carbocycles. The molecule has 2 rings (SSSR count). The van der Waals surface area contributed by atoms with E-state index in [0.29, 0.717) is 27.8 Å². The first-order chi connectivity index (χ1) is 13.7. The van der Waals surface area contributed by atoms with Gasteiger partial charge in [0.2, 0.25) is 5.91 Å². The number of hydroxylamine groups is 1. The number of halogens is 1. The Morgan fingerprint density at radius 3 is 2.38 bits per heavy atom. The Bertz CT molecular complexity index is 878. The minimum atomic E-state index is -0.916. The molecular weight excluding hydrogens is 396 g/mol. The Balaban J connectivity index is 1.90. The molecule has 2 amide bonds. The second kappa shape index (κ2) is 10.1. The lowest BCUT2D eigenvalue weighted by atomic mass is 10.1. The van der Waals surface area contributed by atoms with Gasteiger partial charge in [-0.05, 0) is 55.7 Å². The molecule has 0 spiro atoms. The zero-order valence-corrected chi connectivity index (χ0v) is 17.8. The Morgan fingerprint density at radius 1 is 1.07 bits per heavy atom. The van der Waals surface area contributed by atoms with Crippen molar-refractivity contribution in [3.63, 3.8) is 0 Å². The van der Waals surface area contributed by atoms with Gasteiger partial charge in [0.25, 0.3) is 5.91 Å². The fourth-order valence-electron chi connectivity index (χ4n) is 2.72. The van der Waals surface area contributed by atoms with E-state index in [1.54, 1.807) is 24.3 Å². The number of aryl methyl sites for hydroxylation is 2. The summed E-state index contributed by atoms with van der Waals surface area (Å²) in [5.74, 6) is 0.270. The smallest absolute Gasteiger partial charge is 0.256 e. The van der Waals surface area contributed by atoms with Gasteiger partial charge in [0.15, 0.2) is 17.6 Å². The molecule has 2 N–H and O–H groups in total. The summed E-state index contributed by atoms with van der Waals surface area (Å²) < 4.78 is 10.4. The molecule has 7 nitrogen and oxygen atoms in total. The lowest BCUT2D eigenvalue weighted by molar-refractivity contribution is -0.143. The van der Waals surface area contributed by atoms with Crippen LogP contribution in [0.1, 0.15) is 23.6 Å². The van der Waals surface area contributed by atoms with Crippen molar-refractivity contribution in [1.82, 2.24) is 5.48 Å². The van der Waals surface area contributed by atoms with Crippen LogP contribution in [0.4, 0.5) is 5.69 Å². The van der Waals surface area contributed by atoms with Crippen LogP contribution in [0.5, 0.6) is 11.5 Å². The molecule has 0 fully saturated rings. The number of ether oxygens (including phenoxy) is 2. The van der Waals surface area contributed by atoms with E-state index >= 15 is 0 Å². The topological polar surface area (TPSA) is 85.9 Å². The lowest BCUT2D eigenvalue weighted by Crippen LogP contribution is -2.36. The van der Waals surface area contributed by atoms with E-state index in [0.717, 1.165) is 11.1 Å². The van der Waals surface area contributed by atoms with Crippen molar-refractivity contribution in [2.45, 2.75) is 33.3 Å². The lowest BCUT2D eigenvalue weighted by Gasteiger charge is -2.16. The van der Waals surface area contributed by atoms with E-state index in [1.165, 1.54) is 21.1 Å². The third-order valence-corrected chi connectivity index (χ3v) is 4.51. The summed E-state index contributed by atoms with van der Waals surface area (Å²) in [5.41, 5.74) is 5.37. The van der Waals surface area contributed by atoms with Gasteiger partial charge < -0.3 is 14.8 Å². The van der Waals surface area contributed by atoms with E-state index in [-0.39, 0.29) is 6.42 Å². The molecule has 0 heterocycles.